The van der Waals surface area contributed by atoms with E-state index in [0.717, 1.165) is 5.75 Å². The zero-order chi connectivity index (χ0) is 14.0. The normalized spacial score (nSPS) is 11.4. The van der Waals surface area contributed by atoms with Gasteiger partial charge in [-0.2, -0.15) is 4.98 Å². The van der Waals surface area contributed by atoms with Crippen molar-refractivity contribution in [2.45, 2.75) is 33.1 Å². The van der Waals surface area contributed by atoms with Crippen molar-refractivity contribution in [3.8, 4) is 11.6 Å². The summed E-state index contributed by atoms with van der Waals surface area (Å²) in [5.74, 6) is 2.23. The van der Waals surface area contributed by atoms with E-state index in [1.807, 2.05) is 18.2 Å². The molecule has 4 nitrogen and oxygen atoms in total. The molecule has 0 bridgehead atoms. The molecule has 1 heterocycles. The van der Waals surface area contributed by atoms with Crippen LogP contribution in [0.1, 0.15) is 32.2 Å². The first-order chi connectivity index (χ1) is 8.84. The van der Waals surface area contributed by atoms with E-state index in [9.17, 15) is 0 Å². The molecule has 100 valence electrons. The summed E-state index contributed by atoms with van der Waals surface area (Å²) in [6, 6.07) is 9.62. The quantitative estimate of drug-likeness (QED) is 0.895. The Kier molecular flexibility index (Phi) is 3.42. The minimum Gasteiger partial charge on any atom is -0.439 e. The molecule has 4 heteroatoms. The maximum atomic E-state index is 5.74. The topological polar surface area (TPSA) is 61.0 Å². The highest BCUT2D eigenvalue weighted by Crippen LogP contribution is 2.28. The fourth-order valence-electron chi connectivity index (χ4n) is 1.76. The van der Waals surface area contributed by atoms with Crippen molar-refractivity contribution in [3.63, 3.8) is 0 Å². The van der Waals surface area contributed by atoms with Crippen molar-refractivity contribution < 1.29 is 4.74 Å². The molecular weight excluding hydrogens is 238 g/mol. The lowest BCUT2D eigenvalue weighted by molar-refractivity contribution is 0.457. The van der Waals surface area contributed by atoms with E-state index in [4.69, 9.17) is 10.5 Å². The Bertz CT molecular complexity index is 568. The number of nitrogens with two attached hydrogens (primary N) is 1. The number of benzene rings is 1. The monoisotopic (exact) mass is 257 g/mol. The first-order valence-corrected chi connectivity index (χ1v) is 6.24. The minimum absolute atomic E-state index is 0.0833. The van der Waals surface area contributed by atoms with Crippen molar-refractivity contribution in [2.24, 2.45) is 0 Å². The summed E-state index contributed by atoms with van der Waals surface area (Å²) in [6.45, 7) is 8.28. The summed E-state index contributed by atoms with van der Waals surface area (Å²) >= 11 is 0. The number of anilines is 1. The molecule has 0 aliphatic heterocycles. The highest BCUT2D eigenvalue weighted by Gasteiger charge is 2.14. The molecule has 0 saturated carbocycles. The summed E-state index contributed by atoms with van der Waals surface area (Å²) < 4.78 is 5.74. The van der Waals surface area contributed by atoms with Gasteiger partial charge in [0.05, 0.1) is 0 Å². The summed E-state index contributed by atoms with van der Waals surface area (Å²) in [7, 11) is 0. The molecule has 2 N–H and O–H groups in total. The van der Waals surface area contributed by atoms with Crippen molar-refractivity contribution >= 4 is 5.82 Å². The molecule has 19 heavy (non-hydrogen) atoms. The van der Waals surface area contributed by atoms with Crippen molar-refractivity contribution in [2.75, 3.05) is 5.73 Å². The van der Waals surface area contributed by atoms with Crippen LogP contribution >= 0.6 is 0 Å². The molecule has 0 amide bonds. The predicted octanol–water partition coefficient (Wildman–Crippen LogP) is 3.46. The third-order valence-corrected chi connectivity index (χ3v) is 2.76. The van der Waals surface area contributed by atoms with Gasteiger partial charge in [-0.05, 0) is 30.0 Å². The maximum Gasteiger partial charge on any atom is 0.224 e. The first kappa shape index (κ1) is 13.3. The largest absolute Gasteiger partial charge is 0.439 e. The molecule has 1 aromatic heterocycles. The van der Waals surface area contributed by atoms with Crippen LogP contribution in [-0.2, 0) is 5.41 Å². The second kappa shape index (κ2) is 4.88. The van der Waals surface area contributed by atoms with E-state index < -0.39 is 0 Å². The van der Waals surface area contributed by atoms with Gasteiger partial charge in [-0.1, -0.05) is 32.9 Å². The Balaban J connectivity index is 2.28. The van der Waals surface area contributed by atoms with Crippen LogP contribution in [0, 0.1) is 6.92 Å². The number of ether oxygens (including phenoxy) is 1. The molecule has 0 fully saturated rings. The van der Waals surface area contributed by atoms with Gasteiger partial charge in [-0.3, -0.25) is 0 Å². The molecule has 0 saturated heterocycles. The van der Waals surface area contributed by atoms with Crippen molar-refractivity contribution in [3.05, 3.63) is 41.7 Å². The third-order valence-electron chi connectivity index (χ3n) is 2.76. The molecule has 2 aromatic rings. The van der Waals surface area contributed by atoms with Crippen LogP contribution < -0.4 is 10.5 Å². The molecule has 0 radical (unpaired) electrons. The predicted molar refractivity (Wildman–Crippen MR) is 76.4 cm³/mol. The summed E-state index contributed by atoms with van der Waals surface area (Å²) in [4.78, 5) is 8.23. The van der Waals surface area contributed by atoms with Gasteiger partial charge in [0.1, 0.15) is 17.4 Å². The molecular formula is C15H19N3O. The first-order valence-electron chi connectivity index (χ1n) is 6.24. The highest BCUT2D eigenvalue weighted by molar-refractivity contribution is 5.38. The van der Waals surface area contributed by atoms with Gasteiger partial charge in [-0.25, -0.2) is 4.98 Å². The zero-order valence-electron chi connectivity index (χ0n) is 11.8. The average molecular weight is 257 g/mol. The molecule has 0 aliphatic rings. The minimum atomic E-state index is 0.0833. The number of nitrogen functional groups attached to an aromatic ring is 1. The van der Waals surface area contributed by atoms with E-state index >= 15 is 0 Å². The smallest absolute Gasteiger partial charge is 0.224 e. The Morgan fingerprint density at radius 3 is 2.47 bits per heavy atom. The van der Waals surface area contributed by atoms with E-state index in [2.05, 4.69) is 36.8 Å². The van der Waals surface area contributed by atoms with Crippen LogP contribution in [0.2, 0.25) is 0 Å². The fourth-order valence-corrected chi connectivity index (χ4v) is 1.76. The van der Waals surface area contributed by atoms with E-state index in [1.165, 1.54) is 5.56 Å². The van der Waals surface area contributed by atoms with Gasteiger partial charge in [0.2, 0.25) is 5.88 Å². The second-order valence-electron chi connectivity index (χ2n) is 5.56. The Morgan fingerprint density at radius 1 is 1.11 bits per heavy atom. The SMILES string of the molecule is Cc1nc(N)cc(Oc2cccc(C(C)(C)C)c2)n1. The van der Waals surface area contributed by atoms with Crippen LogP contribution in [0.3, 0.4) is 0 Å². The van der Waals surface area contributed by atoms with E-state index in [-0.39, 0.29) is 5.41 Å². The molecule has 0 unspecified atom stereocenters. The van der Waals surface area contributed by atoms with Crippen molar-refractivity contribution in [1.29, 1.82) is 0 Å². The third kappa shape index (κ3) is 3.44. The van der Waals surface area contributed by atoms with Gasteiger partial charge in [0.25, 0.3) is 0 Å². The van der Waals surface area contributed by atoms with Crippen LogP contribution in [0.5, 0.6) is 11.6 Å². The Hall–Kier alpha value is -2.10. The van der Waals surface area contributed by atoms with Gasteiger partial charge >= 0.3 is 0 Å². The van der Waals surface area contributed by atoms with Crippen LogP contribution in [0.25, 0.3) is 0 Å². The number of hydrogen-bond donors (Lipinski definition) is 1. The lowest BCUT2D eigenvalue weighted by Gasteiger charge is -2.19. The zero-order valence-corrected chi connectivity index (χ0v) is 11.8. The average Bonchev–Trinajstić information content (AvgIpc) is 2.26. The second-order valence-corrected chi connectivity index (χ2v) is 5.56. The summed E-state index contributed by atoms with van der Waals surface area (Å²) in [6.07, 6.45) is 0. The lowest BCUT2D eigenvalue weighted by Crippen LogP contribution is -2.10. The molecule has 0 atom stereocenters. The standard InChI is InChI=1S/C15H19N3O/c1-10-17-13(16)9-14(18-10)19-12-7-5-6-11(8-12)15(2,3)4/h5-9H,1-4H3,(H2,16,17,18). The van der Waals surface area contributed by atoms with Crippen LogP contribution in [0.4, 0.5) is 5.82 Å². The highest BCUT2D eigenvalue weighted by atomic mass is 16.5. The lowest BCUT2D eigenvalue weighted by atomic mass is 9.87. The summed E-state index contributed by atoms with van der Waals surface area (Å²) in [5, 5.41) is 0. The number of aryl methyl sites for hydroxylation is 1. The Morgan fingerprint density at radius 2 is 1.84 bits per heavy atom. The van der Waals surface area contributed by atoms with Gasteiger partial charge in [0.15, 0.2) is 0 Å². The van der Waals surface area contributed by atoms with Crippen molar-refractivity contribution in [1.82, 2.24) is 9.97 Å². The van der Waals surface area contributed by atoms with Gasteiger partial charge in [-0.15, -0.1) is 0 Å². The maximum absolute atomic E-state index is 5.74. The van der Waals surface area contributed by atoms with E-state index in [0.29, 0.717) is 17.5 Å². The number of hydrogen-bond acceptors (Lipinski definition) is 4. The van der Waals surface area contributed by atoms with Gasteiger partial charge < -0.3 is 10.5 Å². The fraction of sp³-hybridized carbons (Fsp3) is 0.333. The summed E-state index contributed by atoms with van der Waals surface area (Å²) in [5.41, 5.74) is 6.98. The number of nitrogens with zero attached hydrogens (tertiary/aromatic N) is 2. The van der Waals surface area contributed by atoms with Crippen LogP contribution in [-0.4, -0.2) is 9.97 Å². The molecule has 0 aliphatic carbocycles. The van der Waals surface area contributed by atoms with Crippen LogP contribution in [0.15, 0.2) is 30.3 Å². The van der Waals surface area contributed by atoms with E-state index in [1.54, 1.807) is 13.0 Å². The molecule has 0 spiro atoms. The molecule has 1 aromatic carbocycles. The Labute approximate surface area is 113 Å². The number of rotatable bonds is 2. The number of aromatic nitrogens is 2. The molecule has 2 rings (SSSR count). The van der Waals surface area contributed by atoms with Gasteiger partial charge in [0, 0.05) is 6.07 Å².